The number of hydrogen-bond donors (Lipinski definition) is 2. The maximum Gasteiger partial charge on any atom is 0.307 e. The van der Waals surface area contributed by atoms with Crippen molar-refractivity contribution in [3.05, 3.63) is 65.0 Å². The van der Waals surface area contributed by atoms with Crippen molar-refractivity contribution in [3.8, 4) is 0 Å². The number of nitrogens with zero attached hydrogens (tertiary/aromatic N) is 3. The summed E-state index contributed by atoms with van der Waals surface area (Å²) in [6.07, 6.45) is 8.04. The van der Waals surface area contributed by atoms with E-state index < -0.39 is 23.1 Å². The van der Waals surface area contributed by atoms with E-state index in [0.29, 0.717) is 23.5 Å². The Morgan fingerprint density at radius 3 is 2.79 bits per heavy atom. The monoisotopic (exact) mass is 399 g/mol. The molecule has 1 amide bonds. The maximum absolute atomic E-state index is 14.5. The van der Waals surface area contributed by atoms with Gasteiger partial charge in [0.1, 0.15) is 23.5 Å². The van der Waals surface area contributed by atoms with E-state index in [9.17, 15) is 18.4 Å². The van der Waals surface area contributed by atoms with E-state index >= 15 is 0 Å². The summed E-state index contributed by atoms with van der Waals surface area (Å²) in [5, 5.41) is 5.04. The van der Waals surface area contributed by atoms with E-state index in [-0.39, 0.29) is 11.4 Å². The Hall–Kier alpha value is -3.36. The van der Waals surface area contributed by atoms with Gasteiger partial charge >= 0.3 is 5.92 Å². The van der Waals surface area contributed by atoms with Crippen molar-refractivity contribution in [2.75, 3.05) is 5.32 Å². The first-order valence-electron chi connectivity index (χ1n) is 9.13. The summed E-state index contributed by atoms with van der Waals surface area (Å²) in [7, 11) is 0. The molecule has 1 unspecified atom stereocenters. The average molecular weight is 399 g/mol. The fraction of sp³-hybridized carbons (Fsp3) is 0.300. The Labute approximate surface area is 165 Å². The second-order valence-electron chi connectivity index (χ2n) is 7.28. The van der Waals surface area contributed by atoms with Gasteiger partial charge < -0.3 is 10.6 Å². The van der Waals surface area contributed by atoms with Crippen LogP contribution in [-0.2, 0) is 5.66 Å². The normalized spacial score (nSPS) is 21.1. The molecule has 2 aromatic heterocycles. The molecule has 1 atom stereocenters. The third kappa shape index (κ3) is 3.22. The quantitative estimate of drug-likeness (QED) is 0.729. The molecular weight excluding hydrogens is 380 g/mol. The van der Waals surface area contributed by atoms with E-state index in [0.717, 1.165) is 11.5 Å². The van der Waals surface area contributed by atoms with Crippen molar-refractivity contribution in [3.63, 3.8) is 0 Å². The van der Waals surface area contributed by atoms with Gasteiger partial charge in [-0.3, -0.25) is 14.2 Å². The van der Waals surface area contributed by atoms with Crippen LogP contribution in [-0.4, -0.2) is 26.4 Å². The molecule has 4 rings (SSSR count). The number of halogens is 2. The summed E-state index contributed by atoms with van der Waals surface area (Å²) in [4.78, 5) is 33.4. The number of aromatic nitrogens is 3. The molecule has 2 aromatic rings. The lowest BCUT2D eigenvalue weighted by atomic mass is 10.0. The van der Waals surface area contributed by atoms with Crippen molar-refractivity contribution >= 4 is 23.5 Å². The zero-order valence-corrected chi connectivity index (χ0v) is 15.7. The van der Waals surface area contributed by atoms with Gasteiger partial charge in [-0.2, -0.15) is 8.78 Å². The van der Waals surface area contributed by atoms with Gasteiger partial charge in [-0.15, -0.1) is 0 Å². The molecule has 1 fully saturated rings. The zero-order valence-electron chi connectivity index (χ0n) is 15.7. The van der Waals surface area contributed by atoms with Crippen LogP contribution in [0.25, 0.3) is 6.08 Å². The third-order valence-electron chi connectivity index (χ3n) is 5.14. The standard InChI is InChI=1S/C20H19F2N5O2/c1-3-20(21,22)19(2)26-17(28)15-9-8-14(18(29)27(15)19)25-16-10-13(23-11-24-16)7-6-12-4-5-12/h3,6-12H,1,4-5H2,2H3,(H,26,28)(H,23,24,25)/b7-6+. The van der Waals surface area contributed by atoms with Crippen LogP contribution in [0.3, 0.4) is 0 Å². The van der Waals surface area contributed by atoms with Crippen molar-refractivity contribution in [2.45, 2.75) is 31.4 Å². The molecule has 2 N–H and O–H groups in total. The number of fused-ring (bicyclic) bond motifs is 1. The van der Waals surface area contributed by atoms with Crippen LogP contribution in [0.4, 0.5) is 20.3 Å². The Kier molecular flexibility index (Phi) is 4.33. The number of carbonyl (C=O) groups excluding carboxylic acids is 1. The number of pyridine rings is 1. The van der Waals surface area contributed by atoms with E-state index in [4.69, 9.17) is 0 Å². The minimum Gasteiger partial charge on any atom is -0.336 e. The zero-order chi connectivity index (χ0) is 20.8. The molecule has 9 heteroatoms. The highest BCUT2D eigenvalue weighted by Gasteiger charge is 2.56. The van der Waals surface area contributed by atoms with Gasteiger partial charge in [0.05, 0.1) is 5.69 Å². The molecule has 7 nitrogen and oxygen atoms in total. The molecule has 1 saturated carbocycles. The minimum atomic E-state index is -3.55. The lowest BCUT2D eigenvalue weighted by Gasteiger charge is -2.33. The lowest BCUT2D eigenvalue weighted by Crippen LogP contribution is -2.56. The fourth-order valence-electron chi connectivity index (χ4n) is 3.22. The number of carbonyl (C=O) groups is 1. The second-order valence-corrected chi connectivity index (χ2v) is 7.28. The van der Waals surface area contributed by atoms with Crippen LogP contribution < -0.4 is 16.2 Å². The first kappa shape index (κ1) is 19.0. The van der Waals surface area contributed by atoms with Crippen molar-refractivity contribution in [1.29, 1.82) is 0 Å². The van der Waals surface area contributed by atoms with Gasteiger partial charge in [0, 0.05) is 6.07 Å². The topological polar surface area (TPSA) is 88.9 Å². The van der Waals surface area contributed by atoms with Crippen molar-refractivity contribution in [2.24, 2.45) is 5.92 Å². The fourth-order valence-corrected chi connectivity index (χ4v) is 3.22. The molecular formula is C20H19F2N5O2. The smallest absolute Gasteiger partial charge is 0.307 e. The summed E-state index contributed by atoms with van der Waals surface area (Å²) in [6, 6.07) is 4.34. The number of anilines is 2. The molecule has 1 aliphatic carbocycles. The van der Waals surface area contributed by atoms with Gasteiger partial charge in [0.2, 0.25) is 0 Å². The third-order valence-corrected chi connectivity index (χ3v) is 5.14. The minimum absolute atomic E-state index is 0.00663. The highest BCUT2D eigenvalue weighted by atomic mass is 19.3. The van der Waals surface area contributed by atoms with E-state index in [1.165, 1.54) is 31.3 Å². The average Bonchev–Trinajstić information content (AvgIpc) is 3.47. The van der Waals surface area contributed by atoms with Gasteiger partial charge in [0.25, 0.3) is 11.5 Å². The van der Waals surface area contributed by atoms with Gasteiger partial charge in [-0.1, -0.05) is 12.7 Å². The predicted molar refractivity (Wildman–Crippen MR) is 104 cm³/mol. The Balaban J connectivity index is 1.71. The number of amides is 1. The number of alkyl halides is 2. The van der Waals surface area contributed by atoms with Gasteiger partial charge in [-0.05, 0) is 50.0 Å². The molecule has 0 bridgehead atoms. The van der Waals surface area contributed by atoms with Crippen LogP contribution in [0.1, 0.15) is 35.9 Å². The second kappa shape index (κ2) is 6.61. The number of allylic oxidation sites excluding steroid dienone is 1. The molecule has 150 valence electrons. The van der Waals surface area contributed by atoms with Crippen molar-refractivity contribution < 1.29 is 13.6 Å². The molecule has 0 saturated heterocycles. The highest BCUT2D eigenvalue weighted by molar-refractivity contribution is 5.95. The van der Waals surface area contributed by atoms with Crippen LogP contribution in [0.15, 0.2) is 48.1 Å². The molecule has 29 heavy (non-hydrogen) atoms. The summed E-state index contributed by atoms with van der Waals surface area (Å²) < 4.78 is 29.8. The molecule has 3 heterocycles. The van der Waals surface area contributed by atoms with Crippen LogP contribution in [0, 0.1) is 5.92 Å². The molecule has 0 aromatic carbocycles. The lowest BCUT2D eigenvalue weighted by molar-refractivity contribution is -0.0689. The van der Waals surface area contributed by atoms with E-state index in [2.05, 4.69) is 33.3 Å². The largest absolute Gasteiger partial charge is 0.336 e. The number of rotatable bonds is 6. The summed E-state index contributed by atoms with van der Waals surface area (Å²) in [5.41, 5.74) is -2.53. The molecule has 0 spiro atoms. The summed E-state index contributed by atoms with van der Waals surface area (Å²) in [6.45, 7) is 4.21. The highest BCUT2D eigenvalue weighted by Crippen LogP contribution is 2.37. The molecule has 2 aliphatic rings. The SMILES string of the molecule is C=CC(F)(F)C1(C)NC(=O)c2ccc(Nc3cc(/C=C/C4CC4)ncn3)c(=O)n21. The number of hydrogen-bond acceptors (Lipinski definition) is 5. The summed E-state index contributed by atoms with van der Waals surface area (Å²) in [5.74, 6) is -3.39. The first-order chi connectivity index (χ1) is 13.7. The van der Waals surface area contributed by atoms with Crippen LogP contribution in [0.2, 0.25) is 0 Å². The van der Waals surface area contributed by atoms with Crippen molar-refractivity contribution in [1.82, 2.24) is 19.9 Å². The van der Waals surface area contributed by atoms with Gasteiger partial charge in [0.15, 0.2) is 5.66 Å². The Morgan fingerprint density at radius 2 is 2.10 bits per heavy atom. The predicted octanol–water partition coefficient (Wildman–Crippen LogP) is 3.04. The van der Waals surface area contributed by atoms with E-state index in [1.807, 2.05) is 6.08 Å². The molecule has 0 radical (unpaired) electrons. The van der Waals surface area contributed by atoms with Gasteiger partial charge in [-0.25, -0.2) is 9.97 Å². The first-order valence-corrected chi connectivity index (χ1v) is 9.13. The Morgan fingerprint density at radius 1 is 1.34 bits per heavy atom. The van der Waals surface area contributed by atoms with E-state index in [1.54, 1.807) is 6.07 Å². The Bertz CT molecular complexity index is 1090. The van der Waals surface area contributed by atoms with Crippen LogP contribution >= 0.6 is 0 Å². The number of nitrogens with one attached hydrogen (secondary N) is 2. The molecule has 1 aliphatic heterocycles. The summed E-state index contributed by atoms with van der Waals surface area (Å²) >= 11 is 0. The van der Waals surface area contributed by atoms with Crippen LogP contribution in [0.5, 0.6) is 0 Å². The maximum atomic E-state index is 14.5.